The second-order valence-electron chi connectivity index (χ2n) is 6.71. The molecule has 0 bridgehead atoms. The van der Waals surface area contributed by atoms with Crippen molar-refractivity contribution in [1.82, 2.24) is 4.90 Å². The third kappa shape index (κ3) is 4.07. The Labute approximate surface area is 155 Å². The summed E-state index contributed by atoms with van der Waals surface area (Å²) in [7, 11) is -3.45. The van der Waals surface area contributed by atoms with Crippen molar-refractivity contribution in [3.8, 4) is 0 Å². The van der Waals surface area contributed by atoms with Crippen molar-refractivity contribution < 1.29 is 13.2 Å². The number of anilines is 1. The van der Waals surface area contributed by atoms with Crippen LogP contribution in [-0.4, -0.2) is 38.6 Å². The summed E-state index contributed by atoms with van der Waals surface area (Å²) in [6.07, 6.45) is 2.19. The molecule has 0 aliphatic carbocycles. The first-order chi connectivity index (χ1) is 12.4. The molecule has 1 amide bonds. The summed E-state index contributed by atoms with van der Waals surface area (Å²) in [4.78, 5) is 14.5. The van der Waals surface area contributed by atoms with Crippen LogP contribution in [0.5, 0.6) is 0 Å². The number of rotatable bonds is 5. The topological polar surface area (TPSA) is 57.7 Å². The average Bonchev–Trinajstić information content (AvgIpc) is 2.61. The molecule has 138 valence electrons. The molecule has 1 aliphatic rings. The van der Waals surface area contributed by atoms with Crippen molar-refractivity contribution in [3.63, 3.8) is 0 Å². The average molecular weight is 372 g/mol. The van der Waals surface area contributed by atoms with Crippen molar-refractivity contribution in [2.75, 3.05) is 23.7 Å². The van der Waals surface area contributed by atoms with Crippen LogP contribution < -0.4 is 4.31 Å². The Bertz CT molecular complexity index is 909. The van der Waals surface area contributed by atoms with E-state index in [4.69, 9.17) is 0 Å². The predicted octanol–water partition coefficient (Wildman–Crippen LogP) is 2.74. The number of fused-ring (bicyclic) bond motifs is 1. The second kappa shape index (κ2) is 7.50. The van der Waals surface area contributed by atoms with Gasteiger partial charge in [0.15, 0.2) is 0 Å². The van der Waals surface area contributed by atoms with Gasteiger partial charge in [-0.15, -0.1) is 0 Å². The minimum atomic E-state index is -3.45. The van der Waals surface area contributed by atoms with E-state index in [1.807, 2.05) is 48.2 Å². The quantitative estimate of drug-likeness (QED) is 0.811. The minimum Gasteiger partial charge on any atom is -0.338 e. The third-order valence-corrected chi connectivity index (χ3v) is 5.98. The molecule has 1 aliphatic heterocycles. The molecule has 5 nitrogen and oxygen atoms in total. The van der Waals surface area contributed by atoms with Crippen LogP contribution in [0.1, 0.15) is 23.1 Å². The summed E-state index contributed by atoms with van der Waals surface area (Å²) in [5.74, 6) is -0.0123. The zero-order valence-corrected chi connectivity index (χ0v) is 16.0. The lowest BCUT2D eigenvalue weighted by atomic mass is 10.00. The number of nitrogens with zero attached hydrogens (tertiary/aromatic N) is 2. The molecule has 0 atom stereocenters. The number of aryl methyl sites for hydroxylation is 1. The standard InChI is InChI=1S/C20H24N2O3S/c1-16-7-3-6-10-19(16)22(26(2,24)25)14-12-20(23)21-13-11-17-8-4-5-9-18(17)15-21/h3-10H,11-15H2,1-2H3. The van der Waals surface area contributed by atoms with E-state index in [-0.39, 0.29) is 18.9 Å². The van der Waals surface area contributed by atoms with Gasteiger partial charge in [0.1, 0.15) is 0 Å². The largest absolute Gasteiger partial charge is 0.338 e. The Balaban J connectivity index is 1.70. The molecule has 0 unspecified atom stereocenters. The highest BCUT2D eigenvalue weighted by atomic mass is 32.2. The molecular weight excluding hydrogens is 348 g/mol. The van der Waals surface area contributed by atoms with Crippen molar-refractivity contribution in [1.29, 1.82) is 0 Å². The van der Waals surface area contributed by atoms with E-state index in [1.165, 1.54) is 21.7 Å². The lowest BCUT2D eigenvalue weighted by Gasteiger charge is -2.30. The zero-order chi connectivity index (χ0) is 18.7. The Kier molecular flexibility index (Phi) is 5.32. The molecule has 2 aromatic rings. The van der Waals surface area contributed by atoms with Gasteiger partial charge in [-0.1, -0.05) is 42.5 Å². The van der Waals surface area contributed by atoms with Crippen LogP contribution in [-0.2, 0) is 27.8 Å². The van der Waals surface area contributed by atoms with Gasteiger partial charge in [-0.2, -0.15) is 0 Å². The highest BCUT2D eigenvalue weighted by Crippen LogP contribution is 2.23. The molecule has 0 saturated heterocycles. The van der Waals surface area contributed by atoms with Crippen molar-refractivity contribution in [2.24, 2.45) is 0 Å². The predicted molar refractivity (Wildman–Crippen MR) is 104 cm³/mol. The number of carbonyl (C=O) groups is 1. The van der Waals surface area contributed by atoms with Gasteiger partial charge in [-0.3, -0.25) is 9.10 Å². The summed E-state index contributed by atoms with van der Waals surface area (Å²) >= 11 is 0. The first kappa shape index (κ1) is 18.5. The van der Waals surface area contributed by atoms with Crippen LogP contribution >= 0.6 is 0 Å². The SMILES string of the molecule is Cc1ccccc1N(CCC(=O)N1CCc2ccccc2C1)S(C)(=O)=O. The molecule has 2 aromatic carbocycles. The van der Waals surface area contributed by atoms with Gasteiger partial charge in [-0.25, -0.2) is 8.42 Å². The second-order valence-corrected chi connectivity index (χ2v) is 8.61. The van der Waals surface area contributed by atoms with Crippen molar-refractivity contribution in [2.45, 2.75) is 26.3 Å². The monoisotopic (exact) mass is 372 g/mol. The Morgan fingerprint density at radius 3 is 2.42 bits per heavy atom. The molecule has 0 aromatic heterocycles. The normalized spacial score (nSPS) is 14.0. The van der Waals surface area contributed by atoms with Crippen LogP contribution in [0.4, 0.5) is 5.69 Å². The maximum absolute atomic E-state index is 12.7. The van der Waals surface area contributed by atoms with Gasteiger partial charge in [0.05, 0.1) is 11.9 Å². The molecular formula is C20H24N2O3S. The van der Waals surface area contributed by atoms with E-state index in [9.17, 15) is 13.2 Å². The smallest absolute Gasteiger partial charge is 0.232 e. The number of benzene rings is 2. The summed E-state index contributed by atoms with van der Waals surface area (Å²) in [5, 5.41) is 0. The number of para-hydroxylation sites is 1. The number of hydrogen-bond acceptors (Lipinski definition) is 3. The van der Waals surface area contributed by atoms with Crippen LogP contribution in [0.3, 0.4) is 0 Å². The lowest BCUT2D eigenvalue weighted by Crippen LogP contribution is -2.39. The Morgan fingerprint density at radius 2 is 1.73 bits per heavy atom. The van der Waals surface area contributed by atoms with Gasteiger partial charge in [0.25, 0.3) is 0 Å². The van der Waals surface area contributed by atoms with Gasteiger partial charge in [-0.05, 0) is 36.1 Å². The molecule has 0 spiro atoms. The van der Waals surface area contributed by atoms with Gasteiger partial charge >= 0.3 is 0 Å². The van der Waals surface area contributed by atoms with Gasteiger partial charge in [0.2, 0.25) is 15.9 Å². The first-order valence-corrected chi connectivity index (χ1v) is 10.6. The van der Waals surface area contributed by atoms with Crippen molar-refractivity contribution >= 4 is 21.6 Å². The van der Waals surface area contributed by atoms with Gasteiger partial charge in [0, 0.05) is 26.1 Å². The molecule has 0 radical (unpaired) electrons. The highest BCUT2D eigenvalue weighted by molar-refractivity contribution is 7.92. The van der Waals surface area contributed by atoms with Gasteiger partial charge < -0.3 is 4.90 Å². The zero-order valence-electron chi connectivity index (χ0n) is 15.2. The third-order valence-electron chi connectivity index (χ3n) is 4.80. The van der Waals surface area contributed by atoms with Crippen molar-refractivity contribution in [3.05, 3.63) is 65.2 Å². The Hall–Kier alpha value is -2.34. The number of sulfonamides is 1. The molecule has 6 heteroatoms. The van der Waals surface area contributed by atoms with Crippen LogP contribution in [0.15, 0.2) is 48.5 Å². The summed E-state index contributed by atoms with van der Waals surface area (Å²) in [5.41, 5.74) is 3.96. The number of hydrogen-bond donors (Lipinski definition) is 0. The molecule has 1 heterocycles. The molecule has 0 N–H and O–H groups in total. The molecule has 0 saturated carbocycles. The van der Waals surface area contributed by atoms with Crippen LogP contribution in [0.2, 0.25) is 0 Å². The highest BCUT2D eigenvalue weighted by Gasteiger charge is 2.24. The number of carbonyl (C=O) groups excluding carboxylic acids is 1. The minimum absolute atomic E-state index is 0.0123. The first-order valence-electron chi connectivity index (χ1n) is 8.74. The van der Waals surface area contributed by atoms with E-state index in [2.05, 4.69) is 6.07 Å². The Morgan fingerprint density at radius 1 is 1.08 bits per heavy atom. The summed E-state index contributed by atoms with van der Waals surface area (Å²) < 4.78 is 25.8. The number of amides is 1. The fraction of sp³-hybridized carbons (Fsp3) is 0.350. The maximum Gasteiger partial charge on any atom is 0.232 e. The molecule has 26 heavy (non-hydrogen) atoms. The fourth-order valence-electron chi connectivity index (χ4n) is 3.37. The molecule has 3 rings (SSSR count). The molecule has 0 fully saturated rings. The summed E-state index contributed by atoms with van der Waals surface area (Å²) in [6, 6.07) is 15.5. The van der Waals surface area contributed by atoms with Crippen LogP contribution in [0, 0.1) is 6.92 Å². The maximum atomic E-state index is 12.7. The van der Waals surface area contributed by atoms with E-state index in [1.54, 1.807) is 6.07 Å². The van der Waals surface area contributed by atoms with Crippen LogP contribution in [0.25, 0.3) is 0 Å². The lowest BCUT2D eigenvalue weighted by molar-refractivity contribution is -0.131. The van der Waals surface area contributed by atoms with E-state index >= 15 is 0 Å². The van der Waals surface area contributed by atoms with E-state index < -0.39 is 10.0 Å². The van der Waals surface area contributed by atoms with E-state index in [0.717, 1.165) is 12.0 Å². The van der Waals surface area contributed by atoms with E-state index in [0.29, 0.717) is 18.8 Å². The fourth-order valence-corrected chi connectivity index (χ4v) is 4.36. The summed E-state index contributed by atoms with van der Waals surface area (Å²) in [6.45, 7) is 3.30.